The van der Waals surface area contributed by atoms with E-state index in [4.69, 9.17) is 4.42 Å². The molecule has 3 heteroatoms. The highest BCUT2D eigenvalue weighted by Gasteiger charge is 2.11. The number of benzene rings is 1. The Kier molecular flexibility index (Phi) is 3.29. The molecule has 17 heavy (non-hydrogen) atoms. The maximum absolute atomic E-state index is 13.0. The summed E-state index contributed by atoms with van der Waals surface area (Å²) in [4.78, 5) is 0. The first-order chi connectivity index (χ1) is 8.11. The van der Waals surface area contributed by atoms with E-state index in [0.29, 0.717) is 0 Å². The molecule has 0 radical (unpaired) electrons. The fraction of sp³-hybridized carbons (Fsp3) is 0.286. The van der Waals surface area contributed by atoms with Gasteiger partial charge in [-0.15, -0.1) is 0 Å². The topological polar surface area (TPSA) is 25.2 Å². The number of furan rings is 1. The summed E-state index contributed by atoms with van der Waals surface area (Å²) < 4.78 is 18.8. The predicted molar refractivity (Wildman–Crippen MR) is 66.3 cm³/mol. The van der Waals surface area contributed by atoms with Crippen LogP contribution >= 0.6 is 0 Å². The van der Waals surface area contributed by atoms with Gasteiger partial charge in [0, 0.05) is 5.56 Å². The van der Waals surface area contributed by atoms with Crippen LogP contribution in [0.25, 0.3) is 11.3 Å². The van der Waals surface area contributed by atoms with Crippen LogP contribution in [0.2, 0.25) is 0 Å². The zero-order chi connectivity index (χ0) is 12.4. The van der Waals surface area contributed by atoms with E-state index in [1.165, 1.54) is 12.1 Å². The van der Waals surface area contributed by atoms with E-state index in [9.17, 15) is 4.39 Å². The Morgan fingerprint density at radius 1 is 1.24 bits per heavy atom. The minimum Gasteiger partial charge on any atom is -0.459 e. The average molecular weight is 233 g/mol. The van der Waals surface area contributed by atoms with Crippen molar-refractivity contribution in [2.45, 2.75) is 19.9 Å². The lowest BCUT2D eigenvalue weighted by atomic mass is 10.1. The molecule has 1 N–H and O–H groups in total. The van der Waals surface area contributed by atoms with Crippen LogP contribution in [0.15, 0.2) is 34.7 Å². The molecule has 1 aromatic carbocycles. The van der Waals surface area contributed by atoms with Gasteiger partial charge in [-0.2, -0.15) is 0 Å². The highest BCUT2D eigenvalue weighted by molar-refractivity contribution is 5.62. The molecular formula is C14H16FNO. The van der Waals surface area contributed by atoms with E-state index in [0.717, 1.165) is 22.6 Å². The standard InChI is InChI=1S/C14H16FNO/c1-9-8-11(15)4-5-12(9)14-7-6-13(17-14)10(2)16-3/h4-8,10,16H,1-3H3. The van der Waals surface area contributed by atoms with Gasteiger partial charge >= 0.3 is 0 Å². The van der Waals surface area contributed by atoms with Crippen molar-refractivity contribution in [1.82, 2.24) is 5.32 Å². The van der Waals surface area contributed by atoms with Crippen LogP contribution in [-0.4, -0.2) is 7.05 Å². The maximum Gasteiger partial charge on any atom is 0.134 e. The highest BCUT2D eigenvalue weighted by Crippen LogP contribution is 2.28. The molecule has 2 aromatic rings. The van der Waals surface area contributed by atoms with Crippen LogP contribution in [0.5, 0.6) is 0 Å². The molecule has 90 valence electrons. The maximum atomic E-state index is 13.0. The number of halogens is 1. The van der Waals surface area contributed by atoms with E-state index in [-0.39, 0.29) is 11.9 Å². The Bertz CT molecular complexity index is 519. The fourth-order valence-corrected chi connectivity index (χ4v) is 1.78. The molecule has 1 aromatic heterocycles. The number of aryl methyl sites for hydroxylation is 1. The molecule has 1 unspecified atom stereocenters. The molecule has 0 saturated heterocycles. The van der Waals surface area contributed by atoms with Crippen molar-refractivity contribution in [3.05, 3.63) is 47.5 Å². The SMILES string of the molecule is CNC(C)c1ccc(-c2ccc(F)cc2C)o1. The monoisotopic (exact) mass is 233 g/mol. The van der Waals surface area contributed by atoms with Crippen LogP contribution < -0.4 is 5.32 Å². The zero-order valence-corrected chi connectivity index (χ0v) is 10.3. The fourth-order valence-electron chi connectivity index (χ4n) is 1.78. The molecule has 0 aliphatic carbocycles. The molecule has 0 aliphatic rings. The summed E-state index contributed by atoms with van der Waals surface area (Å²) in [7, 11) is 1.88. The molecule has 2 rings (SSSR count). The van der Waals surface area contributed by atoms with Crippen molar-refractivity contribution in [1.29, 1.82) is 0 Å². The molecule has 0 spiro atoms. The lowest BCUT2D eigenvalue weighted by Crippen LogP contribution is -2.11. The summed E-state index contributed by atoms with van der Waals surface area (Å²) in [6, 6.07) is 8.75. The summed E-state index contributed by atoms with van der Waals surface area (Å²) in [6.07, 6.45) is 0. The van der Waals surface area contributed by atoms with Crippen molar-refractivity contribution in [2.24, 2.45) is 0 Å². The molecule has 0 amide bonds. The molecule has 0 bridgehead atoms. The number of hydrogen-bond acceptors (Lipinski definition) is 2. The van der Waals surface area contributed by atoms with Crippen LogP contribution in [0.4, 0.5) is 4.39 Å². The molecule has 0 fully saturated rings. The van der Waals surface area contributed by atoms with Crippen molar-refractivity contribution in [3.8, 4) is 11.3 Å². The van der Waals surface area contributed by atoms with E-state index in [1.807, 2.05) is 33.0 Å². The van der Waals surface area contributed by atoms with Gasteiger partial charge in [-0.3, -0.25) is 0 Å². The lowest BCUT2D eigenvalue weighted by molar-refractivity contribution is 0.458. The molecule has 1 atom stereocenters. The Balaban J connectivity index is 2.37. The minimum atomic E-state index is -0.221. The third kappa shape index (κ3) is 2.39. The van der Waals surface area contributed by atoms with Gasteiger partial charge in [0.1, 0.15) is 17.3 Å². The number of rotatable bonds is 3. The first-order valence-corrected chi connectivity index (χ1v) is 5.65. The molecule has 2 nitrogen and oxygen atoms in total. The summed E-state index contributed by atoms with van der Waals surface area (Å²) in [5, 5.41) is 3.12. The van der Waals surface area contributed by atoms with Gasteiger partial charge in [-0.25, -0.2) is 4.39 Å². The van der Waals surface area contributed by atoms with Gasteiger partial charge in [-0.05, 0) is 56.8 Å². The lowest BCUT2D eigenvalue weighted by Gasteiger charge is -2.06. The third-order valence-electron chi connectivity index (χ3n) is 2.94. The molecule has 0 aliphatic heterocycles. The van der Waals surface area contributed by atoms with Crippen molar-refractivity contribution < 1.29 is 8.81 Å². The first kappa shape index (κ1) is 11.9. The quantitative estimate of drug-likeness (QED) is 0.875. The van der Waals surface area contributed by atoms with E-state index in [2.05, 4.69) is 5.32 Å². The third-order valence-corrected chi connectivity index (χ3v) is 2.94. The average Bonchev–Trinajstić information content (AvgIpc) is 2.77. The van der Waals surface area contributed by atoms with E-state index in [1.54, 1.807) is 6.07 Å². The molecule has 1 heterocycles. The van der Waals surface area contributed by atoms with Crippen LogP contribution in [0.1, 0.15) is 24.3 Å². The van der Waals surface area contributed by atoms with Gasteiger partial charge in [0.05, 0.1) is 6.04 Å². The van der Waals surface area contributed by atoms with E-state index < -0.39 is 0 Å². The molecule has 0 saturated carbocycles. The summed E-state index contributed by atoms with van der Waals surface area (Å²) in [5.41, 5.74) is 1.81. The largest absolute Gasteiger partial charge is 0.459 e. The Labute approximate surface area is 100 Å². The second-order valence-electron chi connectivity index (χ2n) is 4.17. The van der Waals surface area contributed by atoms with Crippen LogP contribution in [-0.2, 0) is 0 Å². The second-order valence-corrected chi connectivity index (χ2v) is 4.17. The van der Waals surface area contributed by atoms with Crippen LogP contribution in [0.3, 0.4) is 0 Å². The zero-order valence-electron chi connectivity index (χ0n) is 10.3. The number of hydrogen-bond donors (Lipinski definition) is 1. The van der Waals surface area contributed by atoms with Gasteiger partial charge in [0.25, 0.3) is 0 Å². The highest BCUT2D eigenvalue weighted by atomic mass is 19.1. The van der Waals surface area contributed by atoms with Gasteiger partial charge in [-0.1, -0.05) is 0 Å². The van der Waals surface area contributed by atoms with Crippen molar-refractivity contribution >= 4 is 0 Å². The Hall–Kier alpha value is -1.61. The van der Waals surface area contributed by atoms with Crippen LogP contribution in [0, 0.1) is 12.7 Å². The smallest absolute Gasteiger partial charge is 0.134 e. The predicted octanol–water partition coefficient (Wildman–Crippen LogP) is 3.67. The van der Waals surface area contributed by atoms with Gasteiger partial charge in [0.15, 0.2) is 0 Å². The van der Waals surface area contributed by atoms with Crippen molar-refractivity contribution in [3.63, 3.8) is 0 Å². The van der Waals surface area contributed by atoms with Crippen molar-refractivity contribution in [2.75, 3.05) is 7.05 Å². The second kappa shape index (κ2) is 4.72. The van der Waals surface area contributed by atoms with Gasteiger partial charge in [0.2, 0.25) is 0 Å². The first-order valence-electron chi connectivity index (χ1n) is 5.65. The Morgan fingerprint density at radius 3 is 2.65 bits per heavy atom. The minimum absolute atomic E-state index is 0.171. The van der Waals surface area contributed by atoms with Gasteiger partial charge < -0.3 is 9.73 Å². The Morgan fingerprint density at radius 2 is 2.00 bits per heavy atom. The number of nitrogens with one attached hydrogen (secondary N) is 1. The summed E-state index contributed by atoms with van der Waals surface area (Å²) in [6.45, 7) is 3.90. The molecular weight excluding hydrogens is 217 g/mol. The normalized spacial score (nSPS) is 12.7. The van der Waals surface area contributed by atoms with E-state index >= 15 is 0 Å². The summed E-state index contributed by atoms with van der Waals surface area (Å²) >= 11 is 0. The summed E-state index contributed by atoms with van der Waals surface area (Å²) in [5.74, 6) is 1.44.